The van der Waals surface area contributed by atoms with Gasteiger partial charge in [-0.3, -0.25) is 14.4 Å². The second-order valence-electron chi connectivity index (χ2n) is 19.9. The molecular weight excluding hydrogens is 913 g/mol. The molecule has 0 radical (unpaired) electrons. The molecule has 0 aliphatic rings. The van der Waals surface area contributed by atoms with Gasteiger partial charge in [-0.25, -0.2) is 0 Å². The van der Waals surface area contributed by atoms with Crippen molar-refractivity contribution in [2.45, 2.75) is 277 Å². The summed E-state index contributed by atoms with van der Waals surface area (Å²) < 4.78 is 16.8. The van der Waals surface area contributed by atoms with E-state index in [1.165, 1.54) is 122 Å². The topological polar surface area (TPSA) is 78.9 Å². The lowest BCUT2D eigenvalue weighted by Gasteiger charge is -2.18. The molecule has 0 rings (SSSR count). The number of ether oxygens (including phenoxy) is 3. The molecule has 6 heteroatoms. The van der Waals surface area contributed by atoms with Crippen LogP contribution in [0.3, 0.4) is 0 Å². The quantitative estimate of drug-likeness (QED) is 0.0261. The lowest BCUT2D eigenvalue weighted by molar-refractivity contribution is -0.166. The van der Waals surface area contributed by atoms with Gasteiger partial charge in [0.25, 0.3) is 0 Å². The molecule has 0 fully saturated rings. The van der Waals surface area contributed by atoms with Crippen LogP contribution >= 0.6 is 0 Å². The second kappa shape index (κ2) is 61.4. The zero-order valence-corrected chi connectivity index (χ0v) is 48.1. The van der Waals surface area contributed by atoms with Crippen LogP contribution in [0.15, 0.2) is 122 Å². The van der Waals surface area contributed by atoms with Crippen LogP contribution in [0, 0.1) is 0 Å². The third-order valence-electron chi connectivity index (χ3n) is 12.7. The summed E-state index contributed by atoms with van der Waals surface area (Å²) in [5.74, 6) is -0.993. The molecule has 0 aliphatic heterocycles. The van der Waals surface area contributed by atoms with Crippen molar-refractivity contribution in [2.24, 2.45) is 0 Å². The van der Waals surface area contributed by atoms with E-state index in [-0.39, 0.29) is 31.6 Å². The Kier molecular flexibility index (Phi) is 57.9. The Hall–Kier alpha value is -4.19. The van der Waals surface area contributed by atoms with Gasteiger partial charge in [0.05, 0.1) is 0 Å². The van der Waals surface area contributed by atoms with Crippen LogP contribution in [-0.4, -0.2) is 37.2 Å². The molecule has 0 amide bonds. The summed E-state index contributed by atoms with van der Waals surface area (Å²) >= 11 is 0. The largest absolute Gasteiger partial charge is 0.462 e. The molecular formula is C68H112O6. The van der Waals surface area contributed by atoms with Gasteiger partial charge in [-0.05, 0) is 96.3 Å². The van der Waals surface area contributed by atoms with Crippen molar-refractivity contribution in [2.75, 3.05) is 13.2 Å². The minimum Gasteiger partial charge on any atom is -0.462 e. The Labute approximate surface area is 456 Å². The maximum Gasteiger partial charge on any atom is 0.306 e. The van der Waals surface area contributed by atoms with Crippen LogP contribution in [0.4, 0.5) is 0 Å². The molecule has 0 aromatic heterocycles. The number of hydrogen-bond donors (Lipinski definition) is 0. The number of unbranched alkanes of at least 4 members (excludes halogenated alkanes) is 23. The lowest BCUT2D eigenvalue weighted by atomic mass is 10.0. The van der Waals surface area contributed by atoms with Crippen molar-refractivity contribution >= 4 is 17.9 Å². The van der Waals surface area contributed by atoms with E-state index in [1.807, 2.05) is 6.08 Å². The zero-order valence-electron chi connectivity index (χ0n) is 48.1. The van der Waals surface area contributed by atoms with E-state index < -0.39 is 12.1 Å². The summed E-state index contributed by atoms with van der Waals surface area (Å²) in [4.78, 5) is 38.1. The minimum atomic E-state index is -0.819. The van der Waals surface area contributed by atoms with Gasteiger partial charge in [-0.1, -0.05) is 277 Å². The molecule has 0 N–H and O–H groups in total. The predicted molar refractivity (Wildman–Crippen MR) is 320 cm³/mol. The highest BCUT2D eigenvalue weighted by Crippen LogP contribution is 2.16. The fraction of sp³-hybridized carbons (Fsp3) is 0.662. The Morgan fingerprint density at radius 1 is 0.284 bits per heavy atom. The van der Waals surface area contributed by atoms with Crippen molar-refractivity contribution in [3.05, 3.63) is 122 Å². The smallest absolute Gasteiger partial charge is 0.306 e. The van der Waals surface area contributed by atoms with Gasteiger partial charge in [0, 0.05) is 19.3 Å². The number of esters is 3. The molecule has 0 aromatic rings. The van der Waals surface area contributed by atoms with E-state index in [2.05, 4.69) is 136 Å². The first kappa shape index (κ1) is 69.8. The van der Waals surface area contributed by atoms with E-state index in [4.69, 9.17) is 14.2 Å². The molecule has 0 heterocycles. The van der Waals surface area contributed by atoms with Gasteiger partial charge in [-0.15, -0.1) is 0 Å². The van der Waals surface area contributed by atoms with Gasteiger partial charge in [-0.2, -0.15) is 0 Å². The van der Waals surface area contributed by atoms with Crippen LogP contribution in [0.5, 0.6) is 0 Å². The van der Waals surface area contributed by atoms with Crippen molar-refractivity contribution in [1.82, 2.24) is 0 Å². The van der Waals surface area contributed by atoms with Crippen LogP contribution in [0.2, 0.25) is 0 Å². The Balaban J connectivity index is 4.32. The molecule has 0 aromatic carbocycles. The van der Waals surface area contributed by atoms with Crippen LogP contribution in [0.1, 0.15) is 271 Å². The average Bonchev–Trinajstić information content (AvgIpc) is 3.40. The van der Waals surface area contributed by atoms with Gasteiger partial charge in [0.15, 0.2) is 6.10 Å². The first-order valence-electron chi connectivity index (χ1n) is 30.5. The van der Waals surface area contributed by atoms with E-state index in [0.717, 1.165) is 103 Å². The number of hydrogen-bond acceptors (Lipinski definition) is 6. The highest BCUT2D eigenvalue weighted by Gasteiger charge is 2.19. The van der Waals surface area contributed by atoms with Gasteiger partial charge in [0.1, 0.15) is 13.2 Å². The van der Waals surface area contributed by atoms with Crippen LogP contribution < -0.4 is 0 Å². The van der Waals surface area contributed by atoms with Crippen molar-refractivity contribution in [3.63, 3.8) is 0 Å². The summed E-state index contributed by atoms with van der Waals surface area (Å²) in [7, 11) is 0. The van der Waals surface area contributed by atoms with Gasteiger partial charge in [0.2, 0.25) is 0 Å². The van der Waals surface area contributed by atoms with Crippen LogP contribution in [-0.2, 0) is 28.6 Å². The molecule has 1 atom stereocenters. The normalized spacial score (nSPS) is 13.0. The predicted octanol–water partition coefficient (Wildman–Crippen LogP) is 20.8. The summed E-state index contributed by atoms with van der Waals surface area (Å²) in [6.07, 6.45) is 85.1. The van der Waals surface area contributed by atoms with Gasteiger partial charge >= 0.3 is 17.9 Å². The second-order valence-corrected chi connectivity index (χ2v) is 19.9. The molecule has 0 spiro atoms. The first-order chi connectivity index (χ1) is 36.5. The molecule has 0 aliphatic carbocycles. The van der Waals surface area contributed by atoms with E-state index >= 15 is 0 Å². The standard InChI is InChI=1S/C68H112O6/c1-4-7-10-13-16-19-22-24-26-28-30-31-32-33-34-35-36-37-39-40-42-44-46-49-52-55-58-61-67(70)73-64-65(63-72-66(69)60-57-54-51-48-21-18-15-12-9-6-3)74-68(71)62-59-56-53-50-47-45-43-41-38-29-27-25-23-20-17-14-11-8-5-2/h7-8,10-11,16-17,19-20,24-27,30-31,38,41,45,47,53,56,65H,4-6,9,12-15,18,21-23,28-29,32-37,39-40,42-44,46,48-52,54-55,57-64H2,1-3H3/b10-7-,11-8-,19-16-,20-17-,26-24-,27-25-,31-30-,41-38-,47-45-,56-53-. The summed E-state index contributed by atoms with van der Waals surface area (Å²) in [5, 5.41) is 0. The average molecular weight is 1030 g/mol. The lowest BCUT2D eigenvalue weighted by Crippen LogP contribution is -2.30. The maximum atomic E-state index is 12.8. The summed E-state index contributed by atoms with van der Waals surface area (Å²) in [6.45, 7) is 6.35. The van der Waals surface area contributed by atoms with Gasteiger partial charge < -0.3 is 14.2 Å². The molecule has 0 saturated carbocycles. The SMILES string of the molecule is CC/C=C\C/C=C\C/C=C\C/C=C\C/C=C\C/C=C\CCC(=O)OC(COC(=O)CCCCCCCCCCCC)COC(=O)CCCCCCCCCCCCCCCC/C=C\C/C=C\C/C=C\C/C=C\CC. The Morgan fingerprint density at radius 2 is 0.554 bits per heavy atom. The number of rotatable bonds is 54. The van der Waals surface area contributed by atoms with Crippen LogP contribution in [0.25, 0.3) is 0 Å². The van der Waals surface area contributed by atoms with E-state index in [0.29, 0.717) is 19.3 Å². The van der Waals surface area contributed by atoms with Crippen molar-refractivity contribution in [1.29, 1.82) is 0 Å². The highest BCUT2D eigenvalue weighted by atomic mass is 16.6. The molecule has 1 unspecified atom stereocenters. The maximum absolute atomic E-state index is 12.8. The number of carbonyl (C=O) groups excluding carboxylic acids is 3. The summed E-state index contributed by atoms with van der Waals surface area (Å²) in [5.41, 5.74) is 0. The minimum absolute atomic E-state index is 0.108. The van der Waals surface area contributed by atoms with E-state index in [1.54, 1.807) is 0 Å². The zero-order chi connectivity index (χ0) is 53.6. The third kappa shape index (κ3) is 58.7. The fourth-order valence-corrected chi connectivity index (χ4v) is 8.23. The van der Waals surface area contributed by atoms with E-state index in [9.17, 15) is 14.4 Å². The Bertz CT molecular complexity index is 1550. The highest BCUT2D eigenvalue weighted by molar-refractivity contribution is 5.71. The summed E-state index contributed by atoms with van der Waals surface area (Å²) in [6, 6.07) is 0. The number of allylic oxidation sites excluding steroid dienone is 20. The van der Waals surface area contributed by atoms with Crippen molar-refractivity contribution < 1.29 is 28.6 Å². The molecule has 0 saturated heterocycles. The number of carbonyl (C=O) groups is 3. The Morgan fingerprint density at radius 3 is 0.878 bits per heavy atom. The molecule has 6 nitrogen and oxygen atoms in total. The third-order valence-corrected chi connectivity index (χ3v) is 12.7. The molecule has 74 heavy (non-hydrogen) atoms. The first-order valence-corrected chi connectivity index (χ1v) is 30.5. The monoisotopic (exact) mass is 1020 g/mol. The van der Waals surface area contributed by atoms with Crippen molar-refractivity contribution in [3.8, 4) is 0 Å². The molecule has 420 valence electrons. The fourth-order valence-electron chi connectivity index (χ4n) is 8.23. The molecule has 0 bridgehead atoms.